The van der Waals surface area contributed by atoms with Crippen LogP contribution < -0.4 is 19.5 Å². The average molecular weight is 332 g/mol. The summed E-state index contributed by atoms with van der Waals surface area (Å²) >= 11 is 0. The van der Waals surface area contributed by atoms with Gasteiger partial charge in [0.2, 0.25) is 0 Å². The molecule has 0 spiro atoms. The van der Waals surface area contributed by atoms with Gasteiger partial charge in [0.05, 0.1) is 26.3 Å². The van der Waals surface area contributed by atoms with E-state index < -0.39 is 4.92 Å². The number of nitrogens with zero attached hydrogens (tertiary/aromatic N) is 1. The van der Waals surface area contributed by atoms with Gasteiger partial charge in [0, 0.05) is 19.2 Å². The van der Waals surface area contributed by atoms with Crippen molar-refractivity contribution in [3.8, 4) is 17.2 Å². The zero-order valence-electron chi connectivity index (χ0n) is 13.9. The van der Waals surface area contributed by atoms with Crippen LogP contribution in [0.1, 0.15) is 11.1 Å². The van der Waals surface area contributed by atoms with Crippen LogP contribution >= 0.6 is 0 Å². The highest BCUT2D eigenvalue weighted by molar-refractivity contribution is 5.48. The number of nitro groups is 1. The Balaban J connectivity index is 2.02. The number of benzene rings is 2. The molecule has 0 aromatic heterocycles. The third-order valence-corrected chi connectivity index (χ3v) is 3.55. The summed E-state index contributed by atoms with van der Waals surface area (Å²) in [5.74, 6) is 1.59. The van der Waals surface area contributed by atoms with Crippen LogP contribution in [-0.4, -0.2) is 26.3 Å². The fourth-order valence-corrected chi connectivity index (χ4v) is 2.33. The van der Waals surface area contributed by atoms with Crippen molar-refractivity contribution in [3.05, 3.63) is 57.6 Å². The SMILES string of the molecule is COc1ccc(CNCc2ccc(OC)c([N+](=O)[O-])c2)cc1OC. The molecule has 0 aliphatic carbocycles. The second-order valence-corrected chi connectivity index (χ2v) is 5.06. The zero-order valence-corrected chi connectivity index (χ0v) is 13.9. The molecule has 128 valence electrons. The summed E-state index contributed by atoms with van der Waals surface area (Å²) in [6.45, 7) is 1.10. The Kier molecular flexibility index (Phi) is 5.97. The van der Waals surface area contributed by atoms with E-state index in [-0.39, 0.29) is 11.4 Å². The third-order valence-electron chi connectivity index (χ3n) is 3.55. The minimum Gasteiger partial charge on any atom is -0.493 e. The van der Waals surface area contributed by atoms with Crippen molar-refractivity contribution in [3.63, 3.8) is 0 Å². The standard InChI is InChI=1S/C17H20N2O5/c1-22-15-6-4-12(8-14(15)19(20)21)10-18-11-13-5-7-16(23-2)17(9-13)24-3/h4-9,18H,10-11H2,1-3H3. The molecule has 0 bridgehead atoms. The molecule has 0 radical (unpaired) electrons. The normalized spacial score (nSPS) is 10.3. The molecule has 0 aliphatic rings. The third kappa shape index (κ3) is 4.14. The second kappa shape index (κ2) is 8.16. The summed E-state index contributed by atoms with van der Waals surface area (Å²) in [6, 6.07) is 10.6. The van der Waals surface area contributed by atoms with E-state index in [2.05, 4.69) is 5.32 Å². The van der Waals surface area contributed by atoms with Crippen molar-refractivity contribution >= 4 is 5.69 Å². The van der Waals surface area contributed by atoms with Crippen LogP contribution in [0.2, 0.25) is 0 Å². The second-order valence-electron chi connectivity index (χ2n) is 5.06. The number of nitrogens with one attached hydrogen (secondary N) is 1. The maximum absolute atomic E-state index is 11.0. The minimum atomic E-state index is -0.448. The maximum Gasteiger partial charge on any atom is 0.311 e. The van der Waals surface area contributed by atoms with Crippen molar-refractivity contribution in [2.75, 3.05) is 21.3 Å². The molecule has 7 heteroatoms. The van der Waals surface area contributed by atoms with E-state index in [0.29, 0.717) is 24.6 Å². The molecule has 0 saturated heterocycles. The first-order valence-corrected chi connectivity index (χ1v) is 7.32. The molecule has 0 unspecified atom stereocenters. The summed E-state index contributed by atoms with van der Waals surface area (Å²) in [7, 11) is 4.59. The lowest BCUT2D eigenvalue weighted by Crippen LogP contribution is -2.13. The Morgan fingerprint density at radius 1 is 0.875 bits per heavy atom. The molecule has 0 atom stereocenters. The van der Waals surface area contributed by atoms with E-state index in [0.717, 1.165) is 11.1 Å². The van der Waals surface area contributed by atoms with Gasteiger partial charge in [-0.2, -0.15) is 0 Å². The quantitative estimate of drug-likeness (QED) is 0.591. The van der Waals surface area contributed by atoms with Crippen LogP contribution in [0, 0.1) is 10.1 Å². The monoisotopic (exact) mass is 332 g/mol. The number of hydrogen-bond donors (Lipinski definition) is 1. The lowest BCUT2D eigenvalue weighted by molar-refractivity contribution is -0.385. The van der Waals surface area contributed by atoms with E-state index >= 15 is 0 Å². The van der Waals surface area contributed by atoms with Crippen molar-refractivity contribution in [2.24, 2.45) is 0 Å². The zero-order chi connectivity index (χ0) is 17.5. The fraction of sp³-hybridized carbons (Fsp3) is 0.294. The Morgan fingerprint density at radius 3 is 1.96 bits per heavy atom. The number of nitro benzene ring substituents is 1. The van der Waals surface area contributed by atoms with Gasteiger partial charge in [0.25, 0.3) is 0 Å². The summed E-state index contributed by atoms with van der Waals surface area (Å²) < 4.78 is 15.5. The van der Waals surface area contributed by atoms with E-state index in [9.17, 15) is 10.1 Å². The molecule has 0 saturated carbocycles. The molecule has 24 heavy (non-hydrogen) atoms. The first-order chi connectivity index (χ1) is 11.6. The van der Waals surface area contributed by atoms with E-state index in [4.69, 9.17) is 14.2 Å². The Morgan fingerprint density at radius 2 is 1.42 bits per heavy atom. The van der Waals surface area contributed by atoms with E-state index in [1.54, 1.807) is 26.4 Å². The molecular formula is C17H20N2O5. The lowest BCUT2D eigenvalue weighted by atomic mass is 10.1. The number of rotatable bonds is 8. The predicted octanol–water partition coefficient (Wildman–Crippen LogP) is 2.91. The molecule has 2 rings (SSSR count). The van der Waals surface area contributed by atoms with Crippen molar-refractivity contribution in [2.45, 2.75) is 13.1 Å². The predicted molar refractivity (Wildman–Crippen MR) is 89.7 cm³/mol. The van der Waals surface area contributed by atoms with Gasteiger partial charge in [-0.25, -0.2) is 0 Å². The summed E-state index contributed by atoms with van der Waals surface area (Å²) in [4.78, 5) is 10.6. The van der Waals surface area contributed by atoms with Crippen molar-refractivity contribution in [1.29, 1.82) is 0 Å². The average Bonchev–Trinajstić information content (AvgIpc) is 2.61. The van der Waals surface area contributed by atoms with Gasteiger partial charge in [-0.05, 0) is 29.3 Å². The van der Waals surface area contributed by atoms with E-state index in [1.165, 1.54) is 13.2 Å². The van der Waals surface area contributed by atoms with Crippen molar-refractivity contribution in [1.82, 2.24) is 5.32 Å². The Labute approximate surface area is 140 Å². The number of methoxy groups -OCH3 is 3. The van der Waals surface area contributed by atoms with Crippen LogP contribution in [0.15, 0.2) is 36.4 Å². The van der Waals surface area contributed by atoms with Gasteiger partial charge in [-0.15, -0.1) is 0 Å². The number of hydrogen-bond acceptors (Lipinski definition) is 6. The smallest absolute Gasteiger partial charge is 0.311 e. The lowest BCUT2D eigenvalue weighted by Gasteiger charge is -2.10. The molecule has 7 nitrogen and oxygen atoms in total. The van der Waals surface area contributed by atoms with Crippen LogP contribution in [-0.2, 0) is 13.1 Å². The summed E-state index contributed by atoms with van der Waals surface area (Å²) in [5, 5.41) is 14.3. The largest absolute Gasteiger partial charge is 0.493 e. The summed E-state index contributed by atoms with van der Waals surface area (Å²) in [6.07, 6.45) is 0. The van der Waals surface area contributed by atoms with Crippen LogP contribution in [0.3, 0.4) is 0 Å². The van der Waals surface area contributed by atoms with Gasteiger partial charge in [0.15, 0.2) is 17.2 Å². The first kappa shape index (κ1) is 17.6. The Hall–Kier alpha value is -2.80. The topological polar surface area (TPSA) is 82.9 Å². The Bertz CT molecular complexity index is 718. The minimum absolute atomic E-state index is 0.0390. The highest BCUT2D eigenvalue weighted by Crippen LogP contribution is 2.28. The van der Waals surface area contributed by atoms with Gasteiger partial charge < -0.3 is 19.5 Å². The van der Waals surface area contributed by atoms with Gasteiger partial charge in [0.1, 0.15) is 0 Å². The highest BCUT2D eigenvalue weighted by Gasteiger charge is 2.14. The molecular weight excluding hydrogens is 312 g/mol. The number of ether oxygens (including phenoxy) is 3. The summed E-state index contributed by atoms with van der Waals surface area (Å²) in [5.41, 5.74) is 1.79. The van der Waals surface area contributed by atoms with Crippen LogP contribution in [0.25, 0.3) is 0 Å². The van der Waals surface area contributed by atoms with Gasteiger partial charge in [-0.3, -0.25) is 10.1 Å². The molecule has 0 fully saturated rings. The molecule has 0 aliphatic heterocycles. The molecule has 1 N–H and O–H groups in total. The molecule has 2 aromatic rings. The fourth-order valence-electron chi connectivity index (χ4n) is 2.33. The van der Waals surface area contributed by atoms with Crippen molar-refractivity contribution < 1.29 is 19.1 Å². The maximum atomic E-state index is 11.0. The van der Waals surface area contributed by atoms with Crippen LogP contribution in [0.5, 0.6) is 17.2 Å². The first-order valence-electron chi connectivity index (χ1n) is 7.32. The van der Waals surface area contributed by atoms with Crippen LogP contribution in [0.4, 0.5) is 5.69 Å². The molecule has 0 amide bonds. The molecule has 2 aromatic carbocycles. The highest BCUT2D eigenvalue weighted by atomic mass is 16.6. The van der Waals surface area contributed by atoms with Gasteiger partial charge in [-0.1, -0.05) is 12.1 Å². The van der Waals surface area contributed by atoms with Gasteiger partial charge >= 0.3 is 5.69 Å². The molecule has 0 heterocycles. The van der Waals surface area contributed by atoms with E-state index in [1.807, 2.05) is 18.2 Å².